The van der Waals surface area contributed by atoms with E-state index >= 15 is 0 Å². The summed E-state index contributed by atoms with van der Waals surface area (Å²) in [5, 5.41) is 1.97. The van der Waals surface area contributed by atoms with E-state index in [4.69, 9.17) is 9.47 Å². The molecule has 0 radical (unpaired) electrons. The Balaban J connectivity index is 2.16. The molecular weight excluding hydrogens is 252 g/mol. The van der Waals surface area contributed by atoms with Gasteiger partial charge in [0.05, 0.1) is 18.4 Å². The largest absolute Gasteiger partial charge is 0.501 e. The lowest BCUT2D eigenvalue weighted by molar-refractivity contribution is -0.130. The van der Waals surface area contributed by atoms with E-state index < -0.39 is 5.97 Å². The second kappa shape index (κ2) is 6.75. The zero-order valence-corrected chi connectivity index (χ0v) is 11.8. The molecule has 104 valence electrons. The highest BCUT2D eigenvalue weighted by atomic mass is 16.5. The zero-order valence-electron chi connectivity index (χ0n) is 11.8. The minimum absolute atomic E-state index is 0.391. The number of carbonyl (C=O) groups is 1. The van der Waals surface area contributed by atoms with E-state index in [9.17, 15) is 4.79 Å². The van der Waals surface area contributed by atoms with Crippen molar-refractivity contribution in [2.24, 2.45) is 0 Å². The van der Waals surface area contributed by atoms with E-state index in [-0.39, 0.29) is 0 Å². The van der Waals surface area contributed by atoms with Crippen molar-refractivity contribution < 1.29 is 14.3 Å². The van der Waals surface area contributed by atoms with Crippen LogP contribution in [0.15, 0.2) is 54.3 Å². The van der Waals surface area contributed by atoms with Crippen molar-refractivity contribution in [3.05, 3.63) is 54.3 Å². The van der Waals surface area contributed by atoms with Gasteiger partial charge in [-0.25, -0.2) is 4.79 Å². The molecule has 0 amide bonds. The fraction of sp³-hybridized carbons (Fsp3) is 0.235. The van der Waals surface area contributed by atoms with Crippen LogP contribution in [-0.2, 0) is 9.53 Å². The molecule has 2 aromatic rings. The summed E-state index contributed by atoms with van der Waals surface area (Å²) in [6.07, 6.45) is 2.36. The summed E-state index contributed by atoms with van der Waals surface area (Å²) in [7, 11) is 0. The molecule has 0 aliphatic heterocycles. The summed E-state index contributed by atoms with van der Waals surface area (Å²) in [6, 6.07) is 13.5. The standard InChI is InChI=1S/C17H18O3/c1-3-11-19-12-13(2)17(18)20-16-10-6-8-14-7-4-5-9-15(14)16/h4-10,12H,3,11H2,1-2H3. The molecule has 0 bridgehead atoms. The topological polar surface area (TPSA) is 35.5 Å². The number of ether oxygens (including phenoxy) is 2. The molecule has 0 unspecified atom stereocenters. The summed E-state index contributed by atoms with van der Waals surface area (Å²) in [5.41, 5.74) is 0.450. The van der Waals surface area contributed by atoms with Gasteiger partial charge in [0, 0.05) is 5.39 Å². The monoisotopic (exact) mass is 270 g/mol. The predicted octanol–water partition coefficient (Wildman–Crippen LogP) is 4.08. The lowest BCUT2D eigenvalue weighted by atomic mass is 10.1. The van der Waals surface area contributed by atoms with Crippen LogP contribution in [0.2, 0.25) is 0 Å². The first-order valence-corrected chi connectivity index (χ1v) is 6.70. The Bertz CT molecular complexity index is 624. The van der Waals surface area contributed by atoms with Crippen molar-refractivity contribution in [2.45, 2.75) is 20.3 Å². The maximum atomic E-state index is 12.0. The van der Waals surface area contributed by atoms with E-state index in [1.54, 1.807) is 13.0 Å². The maximum Gasteiger partial charge on any atom is 0.342 e. The second-order valence-corrected chi connectivity index (χ2v) is 4.54. The molecule has 0 saturated carbocycles. The Morgan fingerprint density at radius 3 is 2.70 bits per heavy atom. The van der Waals surface area contributed by atoms with E-state index in [0.29, 0.717) is 17.9 Å². The normalized spacial score (nSPS) is 11.4. The molecule has 0 aliphatic carbocycles. The summed E-state index contributed by atoms with van der Waals surface area (Å²) < 4.78 is 10.7. The molecule has 3 nitrogen and oxygen atoms in total. The molecule has 0 N–H and O–H groups in total. The number of hydrogen-bond acceptors (Lipinski definition) is 3. The first-order valence-electron chi connectivity index (χ1n) is 6.70. The molecule has 0 saturated heterocycles. The van der Waals surface area contributed by atoms with Crippen LogP contribution in [0.1, 0.15) is 20.3 Å². The molecule has 3 heteroatoms. The van der Waals surface area contributed by atoms with Gasteiger partial charge >= 0.3 is 5.97 Å². The average Bonchev–Trinajstić information content (AvgIpc) is 2.47. The van der Waals surface area contributed by atoms with Gasteiger partial charge in [0.2, 0.25) is 0 Å². The highest BCUT2D eigenvalue weighted by Crippen LogP contribution is 2.25. The Labute approximate surface area is 118 Å². The molecular formula is C17H18O3. The summed E-state index contributed by atoms with van der Waals surface area (Å²) in [6.45, 7) is 4.29. The van der Waals surface area contributed by atoms with E-state index in [1.165, 1.54) is 6.26 Å². The van der Waals surface area contributed by atoms with Crippen LogP contribution in [0.3, 0.4) is 0 Å². The molecule has 2 aromatic carbocycles. The molecule has 0 heterocycles. The quantitative estimate of drug-likeness (QED) is 0.270. The van der Waals surface area contributed by atoms with Gasteiger partial charge in [-0.3, -0.25) is 0 Å². The van der Waals surface area contributed by atoms with Crippen LogP contribution in [0, 0.1) is 0 Å². The highest BCUT2D eigenvalue weighted by molar-refractivity contribution is 5.94. The molecule has 0 aromatic heterocycles. The third-order valence-corrected chi connectivity index (χ3v) is 2.86. The first kappa shape index (κ1) is 14.1. The van der Waals surface area contributed by atoms with Crippen molar-refractivity contribution in [1.29, 1.82) is 0 Å². The number of benzene rings is 2. The highest BCUT2D eigenvalue weighted by Gasteiger charge is 2.10. The lowest BCUT2D eigenvalue weighted by Crippen LogP contribution is -2.10. The van der Waals surface area contributed by atoms with Crippen LogP contribution in [0.25, 0.3) is 10.8 Å². The van der Waals surface area contributed by atoms with Crippen LogP contribution < -0.4 is 4.74 Å². The van der Waals surface area contributed by atoms with Crippen LogP contribution in [0.4, 0.5) is 0 Å². The summed E-state index contributed by atoms with van der Waals surface area (Å²) in [4.78, 5) is 12.0. The Morgan fingerprint density at radius 1 is 1.15 bits per heavy atom. The van der Waals surface area contributed by atoms with Gasteiger partial charge in [0.25, 0.3) is 0 Å². The van der Waals surface area contributed by atoms with Crippen molar-refractivity contribution in [3.63, 3.8) is 0 Å². The number of rotatable bonds is 5. The van der Waals surface area contributed by atoms with Gasteiger partial charge in [0.15, 0.2) is 0 Å². The SMILES string of the molecule is CCCOC=C(C)C(=O)Oc1cccc2ccccc12. The van der Waals surface area contributed by atoms with E-state index in [1.807, 2.05) is 43.3 Å². The molecule has 0 spiro atoms. The number of fused-ring (bicyclic) bond motifs is 1. The van der Waals surface area contributed by atoms with Gasteiger partial charge in [-0.1, -0.05) is 43.3 Å². The fourth-order valence-electron chi connectivity index (χ4n) is 1.81. The van der Waals surface area contributed by atoms with E-state index in [2.05, 4.69) is 0 Å². The summed E-state index contributed by atoms with van der Waals surface area (Å²) in [5.74, 6) is 0.175. The van der Waals surface area contributed by atoms with Crippen LogP contribution in [-0.4, -0.2) is 12.6 Å². The van der Waals surface area contributed by atoms with Gasteiger partial charge < -0.3 is 9.47 Å². The fourth-order valence-corrected chi connectivity index (χ4v) is 1.81. The second-order valence-electron chi connectivity index (χ2n) is 4.54. The minimum atomic E-state index is -0.391. The zero-order chi connectivity index (χ0) is 14.4. The molecule has 0 fully saturated rings. The number of esters is 1. The molecule has 2 rings (SSSR count). The summed E-state index contributed by atoms with van der Waals surface area (Å²) >= 11 is 0. The third kappa shape index (κ3) is 3.38. The first-order chi connectivity index (χ1) is 9.72. The number of carbonyl (C=O) groups excluding carboxylic acids is 1. The lowest BCUT2D eigenvalue weighted by Gasteiger charge is -2.08. The Hall–Kier alpha value is -2.29. The van der Waals surface area contributed by atoms with Crippen molar-refractivity contribution in [3.8, 4) is 5.75 Å². The maximum absolute atomic E-state index is 12.0. The van der Waals surface area contributed by atoms with Gasteiger partial charge in [-0.05, 0) is 24.8 Å². The molecule has 0 atom stereocenters. The molecule has 0 aliphatic rings. The van der Waals surface area contributed by atoms with Crippen molar-refractivity contribution >= 4 is 16.7 Å². The smallest absolute Gasteiger partial charge is 0.342 e. The Kier molecular flexibility index (Phi) is 4.77. The van der Waals surface area contributed by atoms with Crippen LogP contribution in [0.5, 0.6) is 5.75 Å². The van der Waals surface area contributed by atoms with Crippen LogP contribution >= 0.6 is 0 Å². The molecule has 20 heavy (non-hydrogen) atoms. The van der Waals surface area contributed by atoms with Gasteiger partial charge in [-0.15, -0.1) is 0 Å². The van der Waals surface area contributed by atoms with Crippen molar-refractivity contribution in [1.82, 2.24) is 0 Å². The number of hydrogen-bond donors (Lipinski definition) is 0. The van der Waals surface area contributed by atoms with Gasteiger partial charge in [-0.2, -0.15) is 0 Å². The average molecular weight is 270 g/mol. The predicted molar refractivity (Wildman–Crippen MR) is 79.6 cm³/mol. The van der Waals surface area contributed by atoms with Crippen molar-refractivity contribution in [2.75, 3.05) is 6.61 Å². The Morgan fingerprint density at radius 2 is 1.90 bits per heavy atom. The minimum Gasteiger partial charge on any atom is -0.501 e. The third-order valence-electron chi connectivity index (χ3n) is 2.86. The van der Waals surface area contributed by atoms with E-state index in [0.717, 1.165) is 17.2 Å². The van der Waals surface area contributed by atoms with Gasteiger partial charge in [0.1, 0.15) is 5.75 Å².